The van der Waals surface area contributed by atoms with Crippen molar-refractivity contribution < 1.29 is 24.4 Å². The predicted octanol–water partition coefficient (Wildman–Crippen LogP) is 1.79. The van der Waals surface area contributed by atoms with E-state index in [9.17, 15) is 0 Å². The number of aryl methyl sites for hydroxylation is 1. The summed E-state index contributed by atoms with van der Waals surface area (Å²) in [6.45, 7) is 0. The molecule has 0 bridgehead atoms. The van der Waals surface area contributed by atoms with E-state index in [1.807, 2.05) is 12.1 Å². The van der Waals surface area contributed by atoms with Gasteiger partial charge in [0.15, 0.2) is 0 Å². The Labute approximate surface area is 144 Å². The fourth-order valence-electron chi connectivity index (χ4n) is 2.41. The first-order valence-corrected chi connectivity index (χ1v) is 8.27. The molecule has 6 nitrogen and oxygen atoms in total. The van der Waals surface area contributed by atoms with Gasteiger partial charge in [0.25, 0.3) is 0 Å². The third kappa shape index (κ3) is 12.8. The third-order valence-electron chi connectivity index (χ3n) is 3.74. The van der Waals surface area contributed by atoms with Gasteiger partial charge in [-0.15, -0.1) is 0 Å². The summed E-state index contributed by atoms with van der Waals surface area (Å²) in [5.41, 5.74) is 7.40. The molecule has 0 saturated carbocycles. The molecule has 1 rings (SSSR count). The molecule has 0 amide bonds. The lowest BCUT2D eigenvalue weighted by Crippen LogP contribution is -2.20. The average Bonchev–Trinajstić information content (AvgIpc) is 2.57. The summed E-state index contributed by atoms with van der Waals surface area (Å²) in [4.78, 5) is 16.2. The Balaban J connectivity index is 0.00000163. The van der Waals surface area contributed by atoms with Gasteiger partial charge in [0.05, 0.1) is 7.11 Å². The Hall–Kier alpha value is -1.66. The van der Waals surface area contributed by atoms with Crippen molar-refractivity contribution in [3.05, 3.63) is 29.8 Å². The SMILES string of the molecule is COc1ccc(CCCCC(N)CCCCB(O)O)cc1.O=C=O. The van der Waals surface area contributed by atoms with Crippen LogP contribution >= 0.6 is 0 Å². The molecule has 0 saturated heterocycles. The molecule has 1 aromatic rings. The molecule has 1 unspecified atom stereocenters. The van der Waals surface area contributed by atoms with Crippen LogP contribution in [-0.4, -0.2) is 36.5 Å². The average molecular weight is 337 g/mol. The van der Waals surface area contributed by atoms with Gasteiger partial charge in [0.1, 0.15) is 5.75 Å². The molecule has 0 aliphatic heterocycles. The number of methoxy groups -OCH3 is 1. The van der Waals surface area contributed by atoms with Crippen LogP contribution in [0.25, 0.3) is 0 Å². The molecule has 7 heteroatoms. The van der Waals surface area contributed by atoms with Gasteiger partial charge in [0, 0.05) is 6.04 Å². The van der Waals surface area contributed by atoms with Crippen LogP contribution in [0.1, 0.15) is 44.1 Å². The zero-order valence-electron chi connectivity index (χ0n) is 14.3. The Bertz CT molecular complexity index is 447. The first-order valence-electron chi connectivity index (χ1n) is 8.27. The van der Waals surface area contributed by atoms with E-state index >= 15 is 0 Å². The Morgan fingerprint density at radius 3 is 2.12 bits per heavy atom. The minimum Gasteiger partial charge on any atom is -0.497 e. The summed E-state index contributed by atoms with van der Waals surface area (Å²) in [5, 5.41) is 17.5. The van der Waals surface area contributed by atoms with Crippen molar-refractivity contribution in [2.45, 2.75) is 57.3 Å². The van der Waals surface area contributed by atoms with Crippen LogP contribution in [0.4, 0.5) is 0 Å². The van der Waals surface area contributed by atoms with Gasteiger partial charge in [-0.3, -0.25) is 0 Å². The van der Waals surface area contributed by atoms with Crippen LogP contribution in [0.2, 0.25) is 6.32 Å². The Morgan fingerprint density at radius 1 is 1.08 bits per heavy atom. The third-order valence-corrected chi connectivity index (χ3v) is 3.74. The second-order valence-corrected chi connectivity index (χ2v) is 5.70. The number of rotatable bonds is 11. The molecule has 24 heavy (non-hydrogen) atoms. The molecule has 1 atom stereocenters. The second-order valence-electron chi connectivity index (χ2n) is 5.70. The van der Waals surface area contributed by atoms with Gasteiger partial charge < -0.3 is 20.5 Å². The van der Waals surface area contributed by atoms with E-state index in [1.54, 1.807) is 7.11 Å². The van der Waals surface area contributed by atoms with Gasteiger partial charge in [-0.1, -0.05) is 31.4 Å². The first-order chi connectivity index (χ1) is 11.5. The van der Waals surface area contributed by atoms with Crippen LogP contribution < -0.4 is 10.5 Å². The molecule has 4 N–H and O–H groups in total. The van der Waals surface area contributed by atoms with Crippen molar-refractivity contribution in [2.24, 2.45) is 5.73 Å². The molecule has 0 aliphatic carbocycles. The number of hydrogen-bond acceptors (Lipinski definition) is 6. The van der Waals surface area contributed by atoms with Crippen molar-refractivity contribution in [1.82, 2.24) is 0 Å². The molecule has 0 aliphatic rings. The quantitative estimate of drug-likeness (QED) is 0.419. The number of ether oxygens (including phenoxy) is 1. The van der Waals surface area contributed by atoms with E-state index in [1.165, 1.54) is 5.56 Å². The molecular formula is C17H28BNO5. The molecule has 0 aromatic heterocycles. The highest BCUT2D eigenvalue weighted by Crippen LogP contribution is 2.14. The highest BCUT2D eigenvalue weighted by molar-refractivity contribution is 6.40. The van der Waals surface area contributed by atoms with Gasteiger partial charge in [-0.05, 0) is 49.7 Å². The Kier molecular flexibility index (Phi) is 13.9. The molecule has 1 aromatic carbocycles. The lowest BCUT2D eigenvalue weighted by molar-refractivity contribution is -0.191. The summed E-state index contributed by atoms with van der Waals surface area (Å²) >= 11 is 0. The minimum atomic E-state index is -1.18. The number of unbranched alkanes of at least 4 members (excludes halogenated alkanes) is 2. The van der Waals surface area contributed by atoms with E-state index in [0.29, 0.717) is 6.32 Å². The molecule has 0 radical (unpaired) electrons. The lowest BCUT2D eigenvalue weighted by Gasteiger charge is -2.11. The summed E-state index contributed by atoms with van der Waals surface area (Å²) in [7, 11) is 0.503. The van der Waals surface area contributed by atoms with Gasteiger partial charge in [-0.25, -0.2) is 0 Å². The summed E-state index contributed by atoms with van der Waals surface area (Å²) in [6.07, 6.45) is 7.87. The maximum absolute atomic E-state index is 8.75. The fraction of sp³-hybridized carbons (Fsp3) is 0.588. The lowest BCUT2D eigenvalue weighted by atomic mass is 9.83. The minimum absolute atomic E-state index is 0.233. The highest BCUT2D eigenvalue weighted by Gasteiger charge is 2.07. The standard InChI is InChI=1S/C16H28BNO3.CO2/c1-21-16-11-9-14(10-12-16)6-2-3-7-15(18)8-4-5-13-17(19)20;2-1-3/h9-12,15,19-20H,2-8,13,18H2,1H3;. The Morgan fingerprint density at radius 2 is 1.62 bits per heavy atom. The summed E-state index contributed by atoms with van der Waals surface area (Å²) in [6, 6.07) is 8.45. The van der Waals surface area contributed by atoms with Gasteiger partial charge in [-0.2, -0.15) is 9.59 Å². The van der Waals surface area contributed by atoms with Crippen LogP contribution in [0.5, 0.6) is 5.75 Å². The summed E-state index contributed by atoms with van der Waals surface area (Å²) < 4.78 is 5.14. The maximum Gasteiger partial charge on any atom is 0.451 e. The maximum atomic E-state index is 8.75. The monoisotopic (exact) mass is 337 g/mol. The zero-order chi connectivity index (χ0) is 18.2. The smallest absolute Gasteiger partial charge is 0.451 e. The van der Waals surface area contributed by atoms with Crippen molar-refractivity contribution >= 4 is 13.3 Å². The first kappa shape index (κ1) is 22.3. The van der Waals surface area contributed by atoms with Crippen LogP contribution in [-0.2, 0) is 16.0 Å². The topological polar surface area (TPSA) is 110 Å². The van der Waals surface area contributed by atoms with Gasteiger partial charge >= 0.3 is 13.3 Å². The highest BCUT2D eigenvalue weighted by atomic mass is 16.5. The van der Waals surface area contributed by atoms with E-state index in [4.69, 9.17) is 30.1 Å². The van der Waals surface area contributed by atoms with Crippen molar-refractivity contribution in [2.75, 3.05) is 7.11 Å². The van der Waals surface area contributed by atoms with Crippen LogP contribution in [0.15, 0.2) is 24.3 Å². The second kappa shape index (κ2) is 14.9. The van der Waals surface area contributed by atoms with Crippen molar-refractivity contribution in [1.29, 1.82) is 0 Å². The van der Waals surface area contributed by atoms with Crippen LogP contribution in [0, 0.1) is 0 Å². The molecular weight excluding hydrogens is 309 g/mol. The number of hydrogen-bond donors (Lipinski definition) is 3. The van der Waals surface area contributed by atoms with E-state index in [2.05, 4.69) is 12.1 Å². The summed E-state index contributed by atoms with van der Waals surface area (Å²) in [5.74, 6) is 0.897. The number of benzene rings is 1. The largest absolute Gasteiger partial charge is 0.497 e. The normalized spacial score (nSPS) is 11.0. The van der Waals surface area contributed by atoms with Crippen molar-refractivity contribution in [3.63, 3.8) is 0 Å². The predicted molar refractivity (Wildman–Crippen MR) is 92.4 cm³/mol. The molecule has 134 valence electrons. The zero-order valence-corrected chi connectivity index (χ0v) is 14.3. The number of carbonyl (C=O) groups excluding carboxylic acids is 2. The molecule has 0 spiro atoms. The van der Waals surface area contributed by atoms with Crippen molar-refractivity contribution in [3.8, 4) is 5.75 Å². The fourth-order valence-corrected chi connectivity index (χ4v) is 2.41. The van der Waals surface area contributed by atoms with Gasteiger partial charge in [0.2, 0.25) is 0 Å². The number of nitrogens with two attached hydrogens (primary N) is 1. The molecule has 0 fully saturated rings. The van der Waals surface area contributed by atoms with E-state index < -0.39 is 7.12 Å². The van der Waals surface area contributed by atoms with E-state index in [0.717, 1.165) is 50.7 Å². The molecule has 0 heterocycles. The van der Waals surface area contributed by atoms with E-state index in [-0.39, 0.29) is 12.2 Å². The van der Waals surface area contributed by atoms with Crippen LogP contribution in [0.3, 0.4) is 0 Å².